The molecule has 3 aromatic rings. The summed E-state index contributed by atoms with van der Waals surface area (Å²) in [7, 11) is 0. The van der Waals surface area contributed by atoms with E-state index in [4.69, 9.17) is 13.8 Å². The Morgan fingerprint density at radius 1 is 0.906 bits per heavy atom. The van der Waals surface area contributed by atoms with Gasteiger partial charge in [-0.1, -0.05) is 78.9 Å². The van der Waals surface area contributed by atoms with Crippen molar-refractivity contribution in [2.75, 3.05) is 6.61 Å². The van der Waals surface area contributed by atoms with E-state index in [2.05, 4.69) is 0 Å². The van der Waals surface area contributed by atoms with Gasteiger partial charge in [0, 0.05) is 21.6 Å². The summed E-state index contributed by atoms with van der Waals surface area (Å²) in [5.74, 6) is 0.720. The second-order valence-corrected chi connectivity index (χ2v) is 11.6. The van der Waals surface area contributed by atoms with E-state index in [0.717, 1.165) is 38.7 Å². The Labute approximate surface area is 193 Å². The van der Waals surface area contributed by atoms with Crippen LogP contribution in [-0.4, -0.2) is 12.7 Å². The topological polar surface area (TPSA) is 44.8 Å². The van der Waals surface area contributed by atoms with Crippen molar-refractivity contribution in [2.24, 2.45) is 0 Å². The molecule has 1 aliphatic heterocycles. The van der Waals surface area contributed by atoms with E-state index in [0.29, 0.717) is 6.61 Å². The maximum Gasteiger partial charge on any atom is 0.394 e. The van der Waals surface area contributed by atoms with Gasteiger partial charge in [0.15, 0.2) is 5.60 Å². The number of hydrogen-bond donors (Lipinski definition) is 0. The third-order valence-corrected chi connectivity index (χ3v) is 8.85. The number of rotatable bonds is 8. The first-order valence-corrected chi connectivity index (χ1v) is 13.7. The van der Waals surface area contributed by atoms with E-state index < -0.39 is 12.4 Å². The fraction of sp³-hybridized carbons (Fsp3) is 0.231. The predicted molar refractivity (Wildman–Crippen MR) is 132 cm³/mol. The molecule has 3 aromatic carbocycles. The smallest absolute Gasteiger partial charge is 0.394 e. The van der Waals surface area contributed by atoms with Gasteiger partial charge in [0.2, 0.25) is 0 Å². The minimum atomic E-state index is -3.45. The molecule has 4 rings (SSSR count). The summed E-state index contributed by atoms with van der Waals surface area (Å²) in [5, 5.41) is 0. The zero-order valence-corrected chi connectivity index (χ0v) is 20.1. The molecule has 0 fully saturated rings. The summed E-state index contributed by atoms with van der Waals surface area (Å²) >= 11 is 1.15. The van der Waals surface area contributed by atoms with Crippen LogP contribution in [0.1, 0.15) is 37.5 Å². The summed E-state index contributed by atoms with van der Waals surface area (Å²) in [6.07, 6.45) is 1.81. The average Bonchev–Trinajstić information content (AvgIpc) is 2.79. The molecule has 1 unspecified atom stereocenters. The highest BCUT2D eigenvalue weighted by Gasteiger charge is 2.41. The van der Waals surface area contributed by atoms with Gasteiger partial charge in [-0.2, -0.15) is 0 Å². The molecule has 1 heterocycles. The molecule has 1 atom stereocenters. The highest BCUT2D eigenvalue weighted by molar-refractivity contribution is 8.59. The lowest BCUT2D eigenvalue weighted by Gasteiger charge is -2.38. The molecule has 32 heavy (non-hydrogen) atoms. The van der Waals surface area contributed by atoms with Crippen molar-refractivity contribution in [3.63, 3.8) is 0 Å². The molecular formula is C26H27O4PS. The molecule has 0 spiro atoms. The molecule has 0 radical (unpaired) electrons. The lowest BCUT2D eigenvalue weighted by atomic mass is 9.83. The van der Waals surface area contributed by atoms with E-state index >= 15 is 0 Å². The van der Waals surface area contributed by atoms with Crippen LogP contribution >= 0.6 is 18.2 Å². The van der Waals surface area contributed by atoms with Gasteiger partial charge in [-0.05, 0) is 44.3 Å². The molecule has 0 bridgehead atoms. The molecule has 0 aromatic heterocycles. The molecule has 0 amide bonds. The monoisotopic (exact) mass is 466 g/mol. The maximum atomic E-state index is 13.6. The number of hydrogen-bond acceptors (Lipinski definition) is 5. The minimum Gasteiger partial charge on any atom is -0.473 e. The van der Waals surface area contributed by atoms with Crippen LogP contribution in [0.5, 0.6) is 5.75 Å². The van der Waals surface area contributed by atoms with E-state index in [1.807, 2.05) is 112 Å². The van der Waals surface area contributed by atoms with Crippen molar-refractivity contribution in [3.8, 4) is 5.75 Å². The van der Waals surface area contributed by atoms with Crippen LogP contribution in [0.15, 0.2) is 91.0 Å². The SMILES string of the molecule is CCOP(=O)(OC(C)C)SC1=CC(c2ccccc2)(c2ccccc2)Oc2ccccc21. The first-order chi connectivity index (χ1) is 15.5. The Morgan fingerprint density at radius 3 is 2.03 bits per heavy atom. The van der Waals surface area contributed by atoms with Crippen LogP contribution in [-0.2, 0) is 19.2 Å². The zero-order valence-electron chi connectivity index (χ0n) is 18.4. The van der Waals surface area contributed by atoms with Crippen LogP contribution in [0.4, 0.5) is 0 Å². The van der Waals surface area contributed by atoms with Crippen molar-refractivity contribution in [1.82, 2.24) is 0 Å². The van der Waals surface area contributed by atoms with Crippen LogP contribution in [0.3, 0.4) is 0 Å². The van der Waals surface area contributed by atoms with Crippen LogP contribution in [0.2, 0.25) is 0 Å². The second kappa shape index (κ2) is 9.68. The van der Waals surface area contributed by atoms with Gasteiger partial charge in [0.05, 0.1) is 12.7 Å². The first kappa shape index (κ1) is 22.9. The summed E-state index contributed by atoms with van der Waals surface area (Å²) in [4.78, 5) is 0.803. The molecular weight excluding hydrogens is 439 g/mol. The molecule has 0 aliphatic carbocycles. The Hall–Kier alpha value is -2.30. The van der Waals surface area contributed by atoms with E-state index in [1.165, 1.54) is 0 Å². The molecule has 1 aliphatic rings. The van der Waals surface area contributed by atoms with Gasteiger partial charge in [-0.25, -0.2) is 4.57 Å². The highest BCUT2D eigenvalue weighted by atomic mass is 32.7. The lowest BCUT2D eigenvalue weighted by Crippen LogP contribution is -2.35. The zero-order chi connectivity index (χ0) is 22.6. The standard InChI is InChI=1S/C26H27O4PS/c1-4-28-31(27,30-20(2)3)32-25-19-26(21-13-7-5-8-14-21,22-15-9-6-10-16-22)29-24-18-12-11-17-23(24)25/h5-20H,4H2,1-3H3. The van der Waals surface area contributed by atoms with Crippen molar-refractivity contribution in [2.45, 2.75) is 32.5 Å². The fourth-order valence-corrected chi connectivity index (χ4v) is 7.75. The Bertz CT molecular complexity index is 1090. The van der Waals surface area contributed by atoms with E-state index in [-0.39, 0.29) is 6.10 Å². The number of para-hydroxylation sites is 1. The third-order valence-electron chi connectivity index (χ3n) is 5.00. The summed E-state index contributed by atoms with van der Waals surface area (Å²) in [5.41, 5.74) is 1.95. The number of ether oxygens (including phenoxy) is 1. The number of benzene rings is 3. The Balaban J connectivity index is 1.92. The van der Waals surface area contributed by atoms with Gasteiger partial charge in [0.25, 0.3) is 0 Å². The minimum absolute atomic E-state index is 0.233. The van der Waals surface area contributed by atoms with E-state index in [1.54, 1.807) is 0 Å². The van der Waals surface area contributed by atoms with Crippen molar-refractivity contribution >= 4 is 23.1 Å². The summed E-state index contributed by atoms with van der Waals surface area (Å²) in [6.45, 7) is 2.39. The average molecular weight is 467 g/mol. The third kappa shape index (κ3) is 4.72. The largest absolute Gasteiger partial charge is 0.473 e. The Morgan fingerprint density at radius 2 is 1.47 bits per heavy atom. The first-order valence-electron chi connectivity index (χ1n) is 10.7. The molecule has 4 nitrogen and oxygen atoms in total. The van der Waals surface area contributed by atoms with Crippen molar-refractivity contribution < 1.29 is 18.3 Å². The van der Waals surface area contributed by atoms with E-state index in [9.17, 15) is 4.57 Å². The van der Waals surface area contributed by atoms with Gasteiger partial charge in [-0.15, -0.1) is 0 Å². The van der Waals surface area contributed by atoms with Crippen molar-refractivity contribution in [1.29, 1.82) is 0 Å². The van der Waals surface area contributed by atoms with Crippen LogP contribution < -0.4 is 4.74 Å². The molecule has 0 saturated heterocycles. The van der Waals surface area contributed by atoms with Gasteiger partial charge in [0.1, 0.15) is 5.75 Å². The molecule has 6 heteroatoms. The normalized spacial score (nSPS) is 16.6. The summed E-state index contributed by atoms with van der Waals surface area (Å²) in [6, 6.07) is 28.0. The van der Waals surface area contributed by atoms with Crippen LogP contribution in [0.25, 0.3) is 4.91 Å². The molecule has 0 N–H and O–H groups in total. The fourth-order valence-electron chi connectivity index (χ4n) is 3.74. The number of fused-ring (bicyclic) bond motifs is 1. The molecule has 0 saturated carbocycles. The van der Waals surface area contributed by atoms with Gasteiger partial charge in [-0.3, -0.25) is 4.52 Å². The van der Waals surface area contributed by atoms with Crippen molar-refractivity contribution in [3.05, 3.63) is 108 Å². The lowest BCUT2D eigenvalue weighted by molar-refractivity contribution is 0.160. The second-order valence-electron chi connectivity index (χ2n) is 7.68. The van der Waals surface area contributed by atoms with Gasteiger partial charge < -0.3 is 9.26 Å². The highest BCUT2D eigenvalue weighted by Crippen LogP contribution is 2.67. The van der Waals surface area contributed by atoms with Crippen LogP contribution in [0, 0.1) is 0 Å². The maximum absolute atomic E-state index is 13.6. The van der Waals surface area contributed by atoms with Gasteiger partial charge >= 0.3 is 6.80 Å². The predicted octanol–water partition coefficient (Wildman–Crippen LogP) is 7.67. The molecule has 166 valence electrons. The quantitative estimate of drug-likeness (QED) is 0.319. The Kier molecular flexibility index (Phi) is 6.92. The summed E-state index contributed by atoms with van der Waals surface area (Å²) < 4.78 is 31.8.